The number of benzene rings is 1. The second-order valence-electron chi connectivity index (χ2n) is 8.85. The van der Waals surface area contributed by atoms with Gasteiger partial charge in [-0.15, -0.1) is 0 Å². The minimum atomic E-state index is 0.0815. The van der Waals surface area contributed by atoms with Crippen molar-refractivity contribution in [3.63, 3.8) is 0 Å². The molecule has 0 saturated carbocycles. The van der Waals surface area contributed by atoms with Gasteiger partial charge in [-0.1, -0.05) is 19.3 Å². The molecule has 5 nitrogen and oxygen atoms in total. The van der Waals surface area contributed by atoms with E-state index in [2.05, 4.69) is 18.7 Å². The fourth-order valence-corrected chi connectivity index (χ4v) is 4.51. The van der Waals surface area contributed by atoms with Crippen molar-refractivity contribution in [2.75, 3.05) is 31.1 Å². The number of nitrogens with zero attached hydrogens (tertiary/aromatic N) is 3. The summed E-state index contributed by atoms with van der Waals surface area (Å²) < 4.78 is 0. The van der Waals surface area contributed by atoms with Gasteiger partial charge in [0.05, 0.1) is 0 Å². The highest BCUT2D eigenvalue weighted by atomic mass is 16.2. The van der Waals surface area contributed by atoms with Gasteiger partial charge in [0.2, 0.25) is 5.91 Å². The van der Waals surface area contributed by atoms with E-state index in [1.54, 1.807) is 6.92 Å². The van der Waals surface area contributed by atoms with Gasteiger partial charge >= 0.3 is 0 Å². The first-order valence-corrected chi connectivity index (χ1v) is 11.4. The number of anilines is 1. The summed E-state index contributed by atoms with van der Waals surface area (Å²) in [7, 11) is 0. The molecule has 0 aromatic heterocycles. The predicted octanol–water partition coefficient (Wildman–Crippen LogP) is 4.45. The van der Waals surface area contributed by atoms with Gasteiger partial charge in [-0.3, -0.25) is 14.5 Å². The van der Waals surface area contributed by atoms with Crippen LogP contribution in [0.2, 0.25) is 0 Å². The number of amides is 2. The molecule has 1 aromatic carbocycles. The van der Waals surface area contributed by atoms with Crippen LogP contribution in [0.1, 0.15) is 81.6 Å². The average Bonchev–Trinajstić information content (AvgIpc) is 3.22. The average molecular weight is 400 g/mol. The number of hydrogen-bond acceptors (Lipinski definition) is 3. The maximum Gasteiger partial charge on any atom is 0.253 e. The van der Waals surface area contributed by atoms with Crippen LogP contribution in [0.4, 0.5) is 5.69 Å². The molecule has 0 radical (unpaired) electrons. The normalized spacial score (nSPS) is 19.6. The quantitative estimate of drug-likeness (QED) is 0.738. The summed E-state index contributed by atoms with van der Waals surface area (Å²) in [5.74, 6) is 0.208. The molecule has 0 spiro atoms. The van der Waals surface area contributed by atoms with Crippen molar-refractivity contribution in [2.45, 2.75) is 78.3 Å². The van der Waals surface area contributed by atoms with Crippen molar-refractivity contribution in [3.05, 3.63) is 29.3 Å². The summed E-state index contributed by atoms with van der Waals surface area (Å²) in [5, 5.41) is 0. The molecule has 3 rings (SSSR count). The van der Waals surface area contributed by atoms with Gasteiger partial charge in [0.25, 0.3) is 5.91 Å². The minimum absolute atomic E-state index is 0.0815. The van der Waals surface area contributed by atoms with Gasteiger partial charge in [-0.05, 0) is 69.8 Å². The second kappa shape index (κ2) is 10.2. The summed E-state index contributed by atoms with van der Waals surface area (Å²) in [5.41, 5.74) is 2.83. The van der Waals surface area contributed by atoms with Crippen LogP contribution >= 0.6 is 0 Å². The Morgan fingerprint density at radius 1 is 0.862 bits per heavy atom. The Hall–Kier alpha value is -1.88. The molecular formula is C24H37N3O2. The predicted molar refractivity (Wildman–Crippen MR) is 118 cm³/mol. The molecule has 29 heavy (non-hydrogen) atoms. The Labute approximate surface area is 176 Å². The fourth-order valence-electron chi connectivity index (χ4n) is 4.51. The van der Waals surface area contributed by atoms with Crippen LogP contribution < -0.4 is 4.90 Å². The number of carbonyl (C=O) groups excluding carboxylic acids is 2. The zero-order chi connectivity index (χ0) is 20.8. The van der Waals surface area contributed by atoms with Crippen molar-refractivity contribution in [2.24, 2.45) is 0 Å². The molecule has 2 aliphatic heterocycles. The number of carbonyl (C=O) groups is 2. The third-order valence-electron chi connectivity index (χ3n) is 6.32. The van der Waals surface area contributed by atoms with E-state index in [-0.39, 0.29) is 11.8 Å². The third kappa shape index (κ3) is 5.59. The van der Waals surface area contributed by atoms with E-state index in [0.717, 1.165) is 75.2 Å². The first kappa shape index (κ1) is 21.8. The molecule has 0 atom stereocenters. The lowest BCUT2D eigenvalue weighted by Crippen LogP contribution is -2.35. The molecular weight excluding hydrogens is 362 g/mol. The van der Waals surface area contributed by atoms with Gasteiger partial charge < -0.3 is 9.80 Å². The van der Waals surface area contributed by atoms with Crippen LogP contribution in [0.25, 0.3) is 0 Å². The number of rotatable bonds is 2. The summed E-state index contributed by atoms with van der Waals surface area (Å²) in [4.78, 5) is 31.8. The van der Waals surface area contributed by atoms with Crippen molar-refractivity contribution in [1.29, 1.82) is 0 Å². The first-order chi connectivity index (χ1) is 14.0. The van der Waals surface area contributed by atoms with Crippen molar-refractivity contribution in [1.82, 2.24) is 9.80 Å². The molecule has 2 amide bonds. The van der Waals surface area contributed by atoms with E-state index in [1.165, 1.54) is 19.3 Å². The van der Waals surface area contributed by atoms with Crippen molar-refractivity contribution in [3.8, 4) is 0 Å². The van der Waals surface area contributed by atoms with Crippen molar-refractivity contribution < 1.29 is 9.59 Å². The Morgan fingerprint density at radius 2 is 1.48 bits per heavy atom. The van der Waals surface area contributed by atoms with E-state index < -0.39 is 0 Å². The third-order valence-corrected chi connectivity index (χ3v) is 6.32. The van der Waals surface area contributed by atoms with Crippen LogP contribution in [-0.2, 0) is 11.3 Å². The van der Waals surface area contributed by atoms with E-state index in [9.17, 15) is 9.59 Å². The summed E-state index contributed by atoms with van der Waals surface area (Å²) >= 11 is 0. The van der Waals surface area contributed by atoms with Gasteiger partial charge in [0.1, 0.15) is 0 Å². The molecule has 0 N–H and O–H groups in total. The maximum atomic E-state index is 13.0. The van der Waals surface area contributed by atoms with Gasteiger partial charge in [-0.2, -0.15) is 0 Å². The van der Waals surface area contributed by atoms with Crippen LogP contribution in [-0.4, -0.2) is 53.8 Å². The molecule has 2 aliphatic rings. The van der Waals surface area contributed by atoms with Gasteiger partial charge in [0, 0.05) is 50.4 Å². The highest BCUT2D eigenvalue weighted by molar-refractivity contribution is 5.97. The number of hydrogen-bond donors (Lipinski definition) is 0. The van der Waals surface area contributed by atoms with E-state index in [0.29, 0.717) is 6.04 Å². The molecule has 0 aliphatic carbocycles. The second-order valence-corrected chi connectivity index (χ2v) is 8.85. The molecule has 0 unspecified atom stereocenters. The molecule has 0 bridgehead atoms. The smallest absolute Gasteiger partial charge is 0.253 e. The molecule has 5 heteroatoms. The first-order valence-electron chi connectivity index (χ1n) is 11.4. The minimum Gasteiger partial charge on any atom is -0.339 e. The topological polar surface area (TPSA) is 43.9 Å². The zero-order valence-electron chi connectivity index (χ0n) is 18.5. The Bertz CT molecular complexity index is 710. The summed E-state index contributed by atoms with van der Waals surface area (Å²) in [6.07, 6.45) is 8.05. The van der Waals surface area contributed by atoms with Crippen LogP contribution in [0.5, 0.6) is 0 Å². The highest BCUT2D eigenvalue weighted by Gasteiger charge is 2.23. The lowest BCUT2D eigenvalue weighted by molar-refractivity contribution is -0.116. The monoisotopic (exact) mass is 399 g/mol. The lowest BCUT2D eigenvalue weighted by atomic mass is 10.0. The Morgan fingerprint density at radius 3 is 2.14 bits per heavy atom. The molecule has 1 aromatic rings. The molecule has 160 valence electrons. The van der Waals surface area contributed by atoms with Crippen LogP contribution in [0.15, 0.2) is 18.2 Å². The van der Waals surface area contributed by atoms with Crippen molar-refractivity contribution >= 4 is 17.5 Å². The Kier molecular flexibility index (Phi) is 7.70. The van der Waals surface area contributed by atoms with E-state index in [1.807, 2.05) is 28.0 Å². The van der Waals surface area contributed by atoms with Crippen LogP contribution in [0, 0.1) is 0 Å². The SMILES string of the molecule is CC(=O)N1CCCCCCCN(C(C)C)Cc2cc(C(=O)N3CCCC3)ccc21. The summed E-state index contributed by atoms with van der Waals surface area (Å²) in [6.45, 7) is 10.4. The maximum absolute atomic E-state index is 13.0. The standard InChI is InChI=1S/C24H37N3O2/c1-19(2)26-15-7-5-4-6-8-16-27(20(3)28)23-12-11-21(17-22(23)18-26)24(29)25-13-9-10-14-25/h11-12,17,19H,4-10,13-16,18H2,1-3H3. The lowest BCUT2D eigenvalue weighted by Gasteiger charge is -2.31. The number of fused-ring (bicyclic) bond motifs is 1. The molecule has 2 heterocycles. The largest absolute Gasteiger partial charge is 0.339 e. The molecule has 1 saturated heterocycles. The molecule has 1 fully saturated rings. The van der Waals surface area contributed by atoms with E-state index in [4.69, 9.17) is 0 Å². The zero-order valence-corrected chi connectivity index (χ0v) is 18.5. The fraction of sp³-hybridized carbons (Fsp3) is 0.667. The van der Waals surface area contributed by atoms with Gasteiger partial charge in [-0.25, -0.2) is 0 Å². The van der Waals surface area contributed by atoms with Crippen LogP contribution in [0.3, 0.4) is 0 Å². The highest BCUT2D eigenvalue weighted by Crippen LogP contribution is 2.27. The van der Waals surface area contributed by atoms with E-state index >= 15 is 0 Å². The Balaban J connectivity index is 1.97. The van der Waals surface area contributed by atoms with Gasteiger partial charge in [0.15, 0.2) is 0 Å². The number of likely N-dealkylation sites (tertiary alicyclic amines) is 1. The summed E-state index contributed by atoms with van der Waals surface area (Å²) in [6, 6.07) is 6.40.